The first-order valence-electron chi connectivity index (χ1n) is 14.8. The summed E-state index contributed by atoms with van der Waals surface area (Å²) in [6.45, 7) is 31.3. The van der Waals surface area contributed by atoms with Crippen molar-refractivity contribution in [3.8, 4) is 0 Å². The number of nitrogens with two attached hydrogens (primary N) is 2. The predicted octanol–water partition coefficient (Wildman–Crippen LogP) is 7.61. The molecule has 1 aliphatic heterocycles. The highest BCUT2D eigenvalue weighted by Crippen LogP contribution is 2.25. The van der Waals surface area contributed by atoms with Crippen molar-refractivity contribution in [1.29, 1.82) is 0 Å². The van der Waals surface area contributed by atoms with Gasteiger partial charge in [0.15, 0.2) is 0 Å². The van der Waals surface area contributed by atoms with Gasteiger partial charge in [-0.15, -0.1) is 0 Å². The van der Waals surface area contributed by atoms with Gasteiger partial charge in [-0.3, -0.25) is 0 Å². The zero-order valence-corrected chi connectivity index (χ0v) is 26.9. The zero-order valence-electron chi connectivity index (χ0n) is 26.9. The lowest BCUT2D eigenvalue weighted by Crippen LogP contribution is -2.42. The molecule has 35 heavy (non-hydrogen) atoms. The molecule has 2 aliphatic rings. The van der Waals surface area contributed by atoms with Crippen LogP contribution in [0.4, 0.5) is 0 Å². The summed E-state index contributed by atoms with van der Waals surface area (Å²) in [5, 5.41) is 6.44. The first kappa shape index (κ1) is 39.4. The Labute approximate surface area is 223 Å². The molecule has 2 rings (SSSR count). The van der Waals surface area contributed by atoms with E-state index in [2.05, 4.69) is 79.9 Å². The number of hydrogen-bond acceptors (Lipinski definition) is 4. The monoisotopic (exact) mass is 501 g/mol. The fraction of sp³-hybridized carbons (Fsp3) is 1.00. The predicted molar refractivity (Wildman–Crippen MR) is 163 cm³/mol. The fourth-order valence-corrected chi connectivity index (χ4v) is 3.58. The summed E-state index contributed by atoms with van der Waals surface area (Å²) in [6, 6.07) is 0.542. The Bertz CT molecular complexity index is 413. The van der Waals surface area contributed by atoms with Crippen molar-refractivity contribution >= 4 is 0 Å². The molecule has 4 nitrogen and oxygen atoms in total. The molecule has 216 valence electrons. The highest BCUT2D eigenvalue weighted by molar-refractivity contribution is 4.78. The van der Waals surface area contributed by atoms with Crippen LogP contribution in [0.1, 0.15) is 134 Å². The molecule has 0 spiro atoms. The van der Waals surface area contributed by atoms with Gasteiger partial charge >= 0.3 is 0 Å². The first-order valence-corrected chi connectivity index (χ1v) is 14.8. The van der Waals surface area contributed by atoms with Crippen molar-refractivity contribution in [3.05, 3.63) is 0 Å². The van der Waals surface area contributed by atoms with Gasteiger partial charge in [0, 0.05) is 6.04 Å². The molecule has 0 aromatic heterocycles. The Morgan fingerprint density at radius 3 is 1.40 bits per heavy atom. The summed E-state index contributed by atoms with van der Waals surface area (Å²) >= 11 is 0. The fourth-order valence-electron chi connectivity index (χ4n) is 3.58. The van der Waals surface area contributed by atoms with E-state index in [0.717, 1.165) is 31.3 Å². The third-order valence-corrected chi connectivity index (χ3v) is 6.06. The molecule has 0 bridgehead atoms. The average molecular weight is 501 g/mol. The molecule has 0 atom stereocenters. The second-order valence-electron chi connectivity index (χ2n) is 14.2. The van der Waals surface area contributed by atoms with Crippen LogP contribution >= 0.6 is 0 Å². The Morgan fingerprint density at radius 2 is 1.20 bits per heavy atom. The highest BCUT2D eigenvalue weighted by Gasteiger charge is 2.20. The molecule has 1 heterocycles. The minimum Gasteiger partial charge on any atom is -0.330 e. The molecule has 4 heteroatoms. The van der Waals surface area contributed by atoms with E-state index in [0.29, 0.717) is 22.3 Å². The lowest BCUT2D eigenvalue weighted by Gasteiger charge is -2.29. The molecule has 1 aliphatic carbocycles. The Balaban J connectivity index is -0.000000385. The smallest absolute Gasteiger partial charge is 0.00439 e. The lowest BCUT2D eigenvalue weighted by molar-refractivity contribution is 0.264. The van der Waals surface area contributed by atoms with Crippen molar-refractivity contribution in [3.63, 3.8) is 0 Å². The van der Waals surface area contributed by atoms with E-state index in [1.807, 2.05) is 20.9 Å². The minimum atomic E-state index is 0.472. The van der Waals surface area contributed by atoms with Gasteiger partial charge in [0.25, 0.3) is 0 Å². The van der Waals surface area contributed by atoms with E-state index in [1.165, 1.54) is 58.0 Å². The topological polar surface area (TPSA) is 76.1 Å². The van der Waals surface area contributed by atoms with E-state index >= 15 is 0 Å². The van der Waals surface area contributed by atoms with Crippen LogP contribution in [-0.4, -0.2) is 39.3 Å². The van der Waals surface area contributed by atoms with Gasteiger partial charge in [-0.1, -0.05) is 83.1 Å². The van der Waals surface area contributed by atoms with Crippen LogP contribution in [0.3, 0.4) is 0 Å². The Hall–Kier alpha value is -0.160. The molecule has 0 aromatic rings. The van der Waals surface area contributed by atoms with Gasteiger partial charge < -0.3 is 22.1 Å². The molecule has 0 aromatic carbocycles. The Kier molecular flexibility index (Phi) is 24.6. The highest BCUT2D eigenvalue weighted by atomic mass is 14.9. The molecule has 2 fully saturated rings. The first-order chi connectivity index (χ1) is 16.0. The molecule has 0 radical (unpaired) electrons. The molecular formula is C31H72N4. The quantitative estimate of drug-likeness (QED) is 0.271. The second kappa shape index (κ2) is 21.9. The van der Waals surface area contributed by atoms with Gasteiger partial charge in [-0.25, -0.2) is 0 Å². The van der Waals surface area contributed by atoms with Crippen LogP contribution in [0.2, 0.25) is 0 Å². The standard InChI is InChI=1S/C9H19N.C8H19N.C7H17N.C5H11N.C2H6/c1-9(2,3)5-4-8-6-10-7-8;1-8(2,3)6-5-7-9-4;1-7(2,3)5-4-6-8;1-4-2-5(6)3-4;1-2/h8,10H,4-7H2,1-3H3;9H,5-7H2,1-4H3;4-6,8H2,1-3H3;4-5H,2-3,6H2,1H3;1-2H3. The van der Waals surface area contributed by atoms with Crippen LogP contribution < -0.4 is 22.1 Å². The van der Waals surface area contributed by atoms with Crippen molar-refractivity contribution in [2.75, 3.05) is 33.2 Å². The van der Waals surface area contributed by atoms with Crippen molar-refractivity contribution in [2.45, 2.75) is 140 Å². The summed E-state index contributed by atoms with van der Waals surface area (Å²) in [5.74, 6) is 1.90. The molecule has 6 N–H and O–H groups in total. The Morgan fingerprint density at radius 1 is 0.771 bits per heavy atom. The lowest BCUT2D eigenvalue weighted by atomic mass is 9.83. The SMILES string of the molecule is CC.CC(C)(C)CCC1CNC1.CC(C)(C)CCCN.CC1CC(N)C1.CNCCCC(C)(C)C. The molecule has 0 unspecified atom stereocenters. The van der Waals surface area contributed by atoms with Gasteiger partial charge in [0.1, 0.15) is 0 Å². The van der Waals surface area contributed by atoms with Crippen LogP contribution in [0.15, 0.2) is 0 Å². The largest absolute Gasteiger partial charge is 0.330 e. The van der Waals surface area contributed by atoms with Gasteiger partial charge in [-0.2, -0.15) is 0 Å². The maximum absolute atomic E-state index is 5.47. The van der Waals surface area contributed by atoms with Crippen LogP contribution in [0, 0.1) is 28.1 Å². The van der Waals surface area contributed by atoms with E-state index < -0.39 is 0 Å². The van der Waals surface area contributed by atoms with Gasteiger partial charge in [-0.05, 0) is 113 Å². The summed E-state index contributed by atoms with van der Waals surface area (Å²) in [4.78, 5) is 0. The molecular weight excluding hydrogens is 428 g/mol. The molecule has 0 amide bonds. The van der Waals surface area contributed by atoms with Crippen molar-refractivity contribution < 1.29 is 0 Å². The molecule has 1 saturated carbocycles. The van der Waals surface area contributed by atoms with Crippen molar-refractivity contribution in [1.82, 2.24) is 10.6 Å². The third kappa shape index (κ3) is 36.1. The number of rotatable bonds is 7. The minimum absolute atomic E-state index is 0.472. The maximum Gasteiger partial charge on any atom is 0.00439 e. The normalized spacial score (nSPS) is 19.6. The summed E-state index contributed by atoms with van der Waals surface area (Å²) < 4.78 is 0. The van der Waals surface area contributed by atoms with Crippen LogP contribution in [-0.2, 0) is 0 Å². The summed E-state index contributed by atoms with van der Waals surface area (Å²) in [5.41, 5.74) is 12.3. The second-order valence-corrected chi connectivity index (χ2v) is 14.2. The van der Waals surface area contributed by atoms with Crippen LogP contribution in [0.5, 0.6) is 0 Å². The van der Waals surface area contributed by atoms with Gasteiger partial charge in [0.2, 0.25) is 0 Å². The van der Waals surface area contributed by atoms with Crippen LogP contribution in [0.25, 0.3) is 0 Å². The summed E-state index contributed by atoms with van der Waals surface area (Å²) in [7, 11) is 2.00. The number of hydrogen-bond donors (Lipinski definition) is 4. The maximum atomic E-state index is 5.47. The molecule has 1 saturated heterocycles. The zero-order chi connectivity index (χ0) is 28.1. The van der Waals surface area contributed by atoms with E-state index in [9.17, 15) is 0 Å². The number of nitrogens with one attached hydrogen (secondary N) is 2. The van der Waals surface area contributed by atoms with Gasteiger partial charge in [0.05, 0.1) is 0 Å². The third-order valence-electron chi connectivity index (χ3n) is 6.06. The average Bonchev–Trinajstić information content (AvgIpc) is 2.65. The van der Waals surface area contributed by atoms with E-state index in [1.54, 1.807) is 0 Å². The van der Waals surface area contributed by atoms with E-state index in [-0.39, 0.29) is 0 Å². The van der Waals surface area contributed by atoms with Crippen molar-refractivity contribution in [2.24, 2.45) is 39.5 Å². The summed E-state index contributed by atoms with van der Waals surface area (Å²) in [6.07, 6.45) is 10.3. The van der Waals surface area contributed by atoms with E-state index in [4.69, 9.17) is 11.5 Å².